The zero-order chi connectivity index (χ0) is 12.4. The molecule has 0 fully saturated rings. The fraction of sp³-hybridized carbons (Fsp3) is 0.889. The first-order valence-corrected chi connectivity index (χ1v) is 7.19. The molecule has 0 aliphatic carbocycles. The van der Waals surface area contributed by atoms with E-state index in [2.05, 4.69) is 4.74 Å². The van der Waals surface area contributed by atoms with Gasteiger partial charge in [0.2, 0.25) is 0 Å². The number of carbonyl (C=O) groups is 1. The zero-order valence-corrected chi connectivity index (χ0v) is 11.3. The fourth-order valence-corrected chi connectivity index (χ4v) is 3.23. The smallest absolute Gasteiger partial charge is 0.438 e. The normalized spacial score (nSPS) is 11.2. The summed E-state index contributed by atoms with van der Waals surface area (Å²) in [5.74, 6) is 0. The van der Waals surface area contributed by atoms with Crippen LogP contribution in [0.4, 0.5) is 4.79 Å². The number of carbonyl (C=O) groups excluding carboxylic acids is 1. The van der Waals surface area contributed by atoms with E-state index in [0.29, 0.717) is 19.8 Å². The SMILES string of the molecule is CCO[Si](COC(=O)OC)(OCC)OCC. The molecule has 7 heteroatoms. The van der Waals surface area contributed by atoms with Gasteiger partial charge in [0.15, 0.2) is 6.23 Å². The molecule has 0 bridgehead atoms. The Bertz CT molecular complexity index is 181. The monoisotopic (exact) mass is 252 g/mol. The molecule has 0 atom stereocenters. The largest absolute Gasteiger partial charge is 0.540 e. The molecule has 0 unspecified atom stereocenters. The Kier molecular flexibility index (Phi) is 8.17. The molecular formula is C9H20O6Si. The van der Waals surface area contributed by atoms with Gasteiger partial charge in [-0.1, -0.05) is 0 Å². The second kappa shape index (κ2) is 8.51. The molecule has 0 amide bonds. The Labute approximate surface area is 97.1 Å². The molecular weight excluding hydrogens is 232 g/mol. The molecule has 0 aromatic carbocycles. The highest BCUT2D eigenvalue weighted by molar-refractivity contribution is 6.60. The van der Waals surface area contributed by atoms with Gasteiger partial charge >= 0.3 is 15.0 Å². The molecule has 0 saturated carbocycles. The second-order valence-corrected chi connectivity index (χ2v) is 5.25. The van der Waals surface area contributed by atoms with Crippen LogP contribution in [-0.4, -0.2) is 48.1 Å². The number of hydrogen-bond acceptors (Lipinski definition) is 6. The lowest BCUT2D eigenvalue weighted by atomic mass is 10.9. The van der Waals surface area contributed by atoms with Crippen molar-refractivity contribution < 1.29 is 27.5 Å². The second-order valence-electron chi connectivity index (χ2n) is 2.72. The first kappa shape index (κ1) is 15.4. The Hall–Kier alpha value is -0.633. The first-order valence-electron chi connectivity index (χ1n) is 5.26. The van der Waals surface area contributed by atoms with E-state index < -0.39 is 15.0 Å². The molecule has 0 N–H and O–H groups in total. The van der Waals surface area contributed by atoms with Gasteiger partial charge in [0.05, 0.1) is 7.11 Å². The van der Waals surface area contributed by atoms with E-state index in [0.717, 1.165) is 0 Å². The quantitative estimate of drug-likeness (QED) is 0.480. The molecule has 0 aromatic rings. The molecule has 0 radical (unpaired) electrons. The average Bonchev–Trinajstić information content (AvgIpc) is 2.27. The molecule has 0 heterocycles. The van der Waals surface area contributed by atoms with E-state index in [9.17, 15) is 4.79 Å². The molecule has 0 aliphatic heterocycles. The predicted octanol–water partition coefficient (Wildman–Crippen LogP) is 1.36. The minimum Gasteiger partial charge on any atom is -0.438 e. The summed E-state index contributed by atoms with van der Waals surface area (Å²) in [6, 6.07) is 0. The molecule has 0 saturated heterocycles. The van der Waals surface area contributed by atoms with E-state index in [-0.39, 0.29) is 6.23 Å². The number of ether oxygens (including phenoxy) is 2. The van der Waals surface area contributed by atoms with Crippen LogP contribution in [0.1, 0.15) is 20.8 Å². The van der Waals surface area contributed by atoms with Crippen LogP contribution in [0.5, 0.6) is 0 Å². The topological polar surface area (TPSA) is 63.2 Å². The van der Waals surface area contributed by atoms with Crippen molar-refractivity contribution in [2.24, 2.45) is 0 Å². The number of rotatable bonds is 8. The highest BCUT2D eigenvalue weighted by Crippen LogP contribution is 2.11. The van der Waals surface area contributed by atoms with Crippen LogP contribution < -0.4 is 0 Å². The minimum absolute atomic E-state index is 0.0325. The van der Waals surface area contributed by atoms with Crippen molar-refractivity contribution >= 4 is 15.0 Å². The predicted molar refractivity (Wildman–Crippen MR) is 59.0 cm³/mol. The molecule has 0 aromatic heterocycles. The molecule has 16 heavy (non-hydrogen) atoms. The van der Waals surface area contributed by atoms with E-state index in [1.165, 1.54) is 7.11 Å². The van der Waals surface area contributed by atoms with Gasteiger partial charge in [-0.2, -0.15) is 0 Å². The first-order chi connectivity index (χ1) is 7.64. The Morgan fingerprint density at radius 1 is 1.00 bits per heavy atom. The average molecular weight is 252 g/mol. The maximum Gasteiger partial charge on any atom is 0.540 e. The maximum absolute atomic E-state index is 10.9. The van der Waals surface area contributed by atoms with E-state index >= 15 is 0 Å². The van der Waals surface area contributed by atoms with Crippen molar-refractivity contribution in [2.45, 2.75) is 20.8 Å². The van der Waals surface area contributed by atoms with Crippen molar-refractivity contribution in [2.75, 3.05) is 33.2 Å². The van der Waals surface area contributed by atoms with Gasteiger partial charge in [0, 0.05) is 19.8 Å². The van der Waals surface area contributed by atoms with Crippen LogP contribution in [-0.2, 0) is 22.8 Å². The molecule has 0 spiro atoms. The summed E-state index contributed by atoms with van der Waals surface area (Å²) in [5.41, 5.74) is 0. The van der Waals surface area contributed by atoms with Crippen LogP contribution >= 0.6 is 0 Å². The van der Waals surface area contributed by atoms with E-state index in [1.807, 2.05) is 20.8 Å². The van der Waals surface area contributed by atoms with Gasteiger partial charge in [-0.05, 0) is 20.8 Å². The van der Waals surface area contributed by atoms with Gasteiger partial charge in [-0.25, -0.2) is 4.79 Å². The van der Waals surface area contributed by atoms with Gasteiger partial charge in [-0.3, -0.25) is 0 Å². The number of hydrogen-bond donors (Lipinski definition) is 0. The lowest BCUT2D eigenvalue weighted by Crippen LogP contribution is -2.51. The standard InChI is InChI=1S/C9H20O6Si/c1-5-13-16(14-6-2,15-7-3)8-12-9(10)11-4/h5-8H2,1-4H3. The Morgan fingerprint density at radius 3 is 1.75 bits per heavy atom. The van der Waals surface area contributed by atoms with Crippen molar-refractivity contribution in [3.8, 4) is 0 Å². The Balaban J connectivity index is 4.39. The highest BCUT2D eigenvalue weighted by Gasteiger charge is 2.42. The van der Waals surface area contributed by atoms with E-state index in [4.69, 9.17) is 18.0 Å². The molecule has 0 rings (SSSR count). The summed E-state index contributed by atoms with van der Waals surface area (Å²) >= 11 is 0. The minimum atomic E-state index is -2.90. The summed E-state index contributed by atoms with van der Waals surface area (Å²) in [6.45, 7) is 6.82. The molecule has 6 nitrogen and oxygen atoms in total. The third-order valence-electron chi connectivity index (χ3n) is 1.63. The van der Waals surface area contributed by atoms with Crippen LogP contribution in [0.2, 0.25) is 0 Å². The zero-order valence-electron chi connectivity index (χ0n) is 10.3. The fourth-order valence-electron chi connectivity index (χ4n) is 1.12. The third-order valence-corrected chi connectivity index (χ3v) is 4.31. The van der Waals surface area contributed by atoms with Crippen LogP contribution in [0, 0.1) is 0 Å². The van der Waals surface area contributed by atoms with Crippen molar-refractivity contribution in [1.82, 2.24) is 0 Å². The van der Waals surface area contributed by atoms with Crippen molar-refractivity contribution in [3.05, 3.63) is 0 Å². The maximum atomic E-state index is 10.9. The lowest BCUT2D eigenvalue weighted by molar-refractivity contribution is 0.0268. The summed E-state index contributed by atoms with van der Waals surface area (Å²) < 4.78 is 25.6. The van der Waals surface area contributed by atoms with Crippen LogP contribution in [0.25, 0.3) is 0 Å². The summed E-state index contributed by atoms with van der Waals surface area (Å²) in [4.78, 5) is 10.9. The van der Waals surface area contributed by atoms with Crippen LogP contribution in [0.3, 0.4) is 0 Å². The van der Waals surface area contributed by atoms with Gasteiger partial charge in [-0.15, -0.1) is 0 Å². The van der Waals surface area contributed by atoms with Crippen molar-refractivity contribution in [1.29, 1.82) is 0 Å². The molecule has 0 aliphatic rings. The molecule has 96 valence electrons. The van der Waals surface area contributed by atoms with E-state index in [1.54, 1.807) is 0 Å². The summed E-state index contributed by atoms with van der Waals surface area (Å²) in [6.07, 6.45) is -0.800. The summed E-state index contributed by atoms with van der Waals surface area (Å²) in [7, 11) is -1.65. The highest BCUT2D eigenvalue weighted by atomic mass is 28.4. The summed E-state index contributed by atoms with van der Waals surface area (Å²) in [5, 5.41) is 0. The van der Waals surface area contributed by atoms with Crippen LogP contribution in [0.15, 0.2) is 0 Å². The van der Waals surface area contributed by atoms with Crippen molar-refractivity contribution in [3.63, 3.8) is 0 Å². The van der Waals surface area contributed by atoms with Gasteiger partial charge in [0.25, 0.3) is 0 Å². The third kappa shape index (κ3) is 5.45. The Morgan fingerprint density at radius 2 is 1.44 bits per heavy atom. The number of methoxy groups -OCH3 is 1. The lowest BCUT2D eigenvalue weighted by Gasteiger charge is -2.27. The van der Waals surface area contributed by atoms with Gasteiger partial charge in [0.1, 0.15) is 0 Å². The van der Waals surface area contributed by atoms with Gasteiger partial charge < -0.3 is 22.8 Å².